The molecule has 3 heterocycles. The van der Waals surface area contributed by atoms with Gasteiger partial charge in [-0.2, -0.15) is 0 Å². The van der Waals surface area contributed by atoms with E-state index in [9.17, 15) is 0 Å². The summed E-state index contributed by atoms with van der Waals surface area (Å²) < 4.78 is 4.92. The van der Waals surface area contributed by atoms with Crippen LogP contribution in [0.2, 0.25) is 0 Å². The second kappa shape index (κ2) is 11.4. The Kier molecular flexibility index (Phi) is 6.39. The van der Waals surface area contributed by atoms with Gasteiger partial charge in [-0.05, 0) is 64.0 Å². The number of hydrogen-bond donors (Lipinski definition) is 0. The molecule has 0 saturated heterocycles. The van der Waals surface area contributed by atoms with Crippen molar-refractivity contribution in [2.24, 2.45) is 0 Å². The molecule has 0 N–H and O–H groups in total. The van der Waals surface area contributed by atoms with Crippen molar-refractivity contribution in [3.8, 4) is 39.9 Å². The number of nitrogens with zero attached hydrogens (tertiary/aromatic N) is 4. The maximum atomic E-state index is 5.00. The molecule has 0 radical (unpaired) electrons. The molecule has 11 rings (SSSR count). The third kappa shape index (κ3) is 4.50. The van der Waals surface area contributed by atoms with Gasteiger partial charge in [-0.3, -0.25) is 0 Å². The maximum absolute atomic E-state index is 5.00. The lowest BCUT2D eigenvalue weighted by Crippen LogP contribution is -2.00. The summed E-state index contributed by atoms with van der Waals surface area (Å²) in [7, 11) is 0. The van der Waals surface area contributed by atoms with Gasteiger partial charge in [-0.15, -0.1) is 11.3 Å². The minimum atomic E-state index is 0.662. The third-order valence-corrected chi connectivity index (χ3v) is 11.4. The predicted octanol–water partition coefficient (Wildman–Crippen LogP) is 12.6. The highest BCUT2D eigenvalue weighted by Crippen LogP contribution is 2.42. The smallest absolute Gasteiger partial charge is 0.164 e. The van der Waals surface area contributed by atoms with Gasteiger partial charge in [0, 0.05) is 53.3 Å². The van der Waals surface area contributed by atoms with Crippen molar-refractivity contribution in [2.45, 2.75) is 0 Å². The molecule has 0 saturated carbocycles. The van der Waals surface area contributed by atoms with Crippen molar-refractivity contribution in [1.29, 1.82) is 0 Å². The Hall–Kier alpha value is -6.69. The minimum Gasteiger partial charge on any atom is -0.309 e. The van der Waals surface area contributed by atoms with Crippen LogP contribution in [-0.4, -0.2) is 19.5 Å². The number of hydrogen-bond acceptors (Lipinski definition) is 4. The summed E-state index contributed by atoms with van der Waals surface area (Å²) >= 11 is 1.83. The Morgan fingerprint density at radius 1 is 0.365 bits per heavy atom. The van der Waals surface area contributed by atoms with E-state index < -0.39 is 0 Å². The highest BCUT2D eigenvalue weighted by molar-refractivity contribution is 7.25. The molecule has 0 bridgehead atoms. The normalized spacial score (nSPS) is 11.8. The van der Waals surface area contributed by atoms with Crippen LogP contribution in [0.3, 0.4) is 0 Å². The zero-order valence-electron chi connectivity index (χ0n) is 27.9. The number of fused-ring (bicyclic) bond motifs is 10. The van der Waals surface area contributed by atoms with Gasteiger partial charge in [0.1, 0.15) is 0 Å². The van der Waals surface area contributed by atoms with E-state index in [4.69, 9.17) is 15.0 Å². The Labute approximate surface area is 302 Å². The van der Waals surface area contributed by atoms with E-state index in [2.05, 4.69) is 114 Å². The Balaban J connectivity index is 1.10. The van der Waals surface area contributed by atoms with E-state index >= 15 is 0 Å². The fourth-order valence-electron chi connectivity index (χ4n) is 7.81. The monoisotopic (exact) mass is 680 g/mol. The molecule has 5 heteroatoms. The van der Waals surface area contributed by atoms with Crippen LogP contribution in [0.1, 0.15) is 0 Å². The maximum Gasteiger partial charge on any atom is 0.164 e. The molecule has 8 aromatic carbocycles. The Morgan fingerprint density at radius 2 is 0.904 bits per heavy atom. The Morgan fingerprint density at radius 3 is 1.50 bits per heavy atom. The summed E-state index contributed by atoms with van der Waals surface area (Å²) in [6.07, 6.45) is 0. The molecule has 0 aliphatic heterocycles. The minimum absolute atomic E-state index is 0.662. The summed E-state index contributed by atoms with van der Waals surface area (Å²) in [6, 6.07) is 60.3. The summed E-state index contributed by atoms with van der Waals surface area (Å²) in [5.74, 6) is 1.99. The second-order valence-electron chi connectivity index (χ2n) is 13.2. The SMILES string of the molecule is c1ccc(-c2nc(-c3ccccc3)nc(-c3ccc4sc5cc(-n6c7ccc8ccccc8c7c7c8ccccc8ccc76)ccc5c4c3)n2)cc1. The fraction of sp³-hybridized carbons (Fsp3) is 0. The lowest BCUT2D eigenvalue weighted by Gasteiger charge is -2.09. The van der Waals surface area contributed by atoms with Crippen molar-refractivity contribution >= 4 is 74.9 Å². The second-order valence-corrected chi connectivity index (χ2v) is 14.3. The molecule has 52 heavy (non-hydrogen) atoms. The average Bonchev–Trinajstić information content (AvgIpc) is 3.76. The highest BCUT2D eigenvalue weighted by Gasteiger charge is 2.19. The van der Waals surface area contributed by atoms with E-state index in [0.29, 0.717) is 17.5 Å². The van der Waals surface area contributed by atoms with Gasteiger partial charge in [0.25, 0.3) is 0 Å². The first-order chi connectivity index (χ1) is 25.8. The molecule has 0 aliphatic rings. The van der Waals surface area contributed by atoms with Gasteiger partial charge in [0.2, 0.25) is 0 Å². The first-order valence-electron chi connectivity index (χ1n) is 17.4. The molecule has 0 atom stereocenters. The van der Waals surface area contributed by atoms with Gasteiger partial charge < -0.3 is 4.57 Å². The largest absolute Gasteiger partial charge is 0.309 e. The van der Waals surface area contributed by atoms with Gasteiger partial charge >= 0.3 is 0 Å². The number of thiophene rings is 1. The average molecular weight is 681 g/mol. The van der Waals surface area contributed by atoms with Crippen LogP contribution in [0.5, 0.6) is 0 Å². The van der Waals surface area contributed by atoms with Crippen LogP contribution >= 0.6 is 11.3 Å². The number of benzene rings is 8. The molecular weight excluding hydrogens is 653 g/mol. The lowest BCUT2D eigenvalue weighted by atomic mass is 10.00. The van der Waals surface area contributed by atoms with Gasteiger partial charge in [-0.1, -0.05) is 127 Å². The van der Waals surface area contributed by atoms with Crippen molar-refractivity contribution in [3.05, 3.63) is 170 Å². The summed E-state index contributed by atoms with van der Waals surface area (Å²) in [4.78, 5) is 14.9. The number of rotatable bonds is 4. The molecule has 0 amide bonds. The first-order valence-corrected chi connectivity index (χ1v) is 18.3. The van der Waals surface area contributed by atoms with E-state index in [1.165, 1.54) is 63.5 Å². The van der Waals surface area contributed by atoms with Crippen LogP contribution in [0.15, 0.2) is 170 Å². The van der Waals surface area contributed by atoms with Gasteiger partial charge in [0.05, 0.1) is 11.0 Å². The van der Waals surface area contributed by atoms with Gasteiger partial charge in [0.15, 0.2) is 17.5 Å². The lowest BCUT2D eigenvalue weighted by molar-refractivity contribution is 1.07. The summed E-state index contributed by atoms with van der Waals surface area (Å²) in [5, 5.41) is 10.1. The predicted molar refractivity (Wildman–Crippen MR) is 218 cm³/mol. The molecule has 0 fully saturated rings. The molecular formula is C47H28N4S. The summed E-state index contributed by atoms with van der Waals surface area (Å²) in [6.45, 7) is 0. The highest BCUT2D eigenvalue weighted by atomic mass is 32.1. The van der Waals surface area contributed by atoms with Crippen LogP contribution < -0.4 is 0 Å². The third-order valence-electron chi connectivity index (χ3n) is 10.2. The van der Waals surface area contributed by atoms with Crippen LogP contribution in [0.25, 0.3) is 103 Å². The molecule has 0 aliphatic carbocycles. The van der Waals surface area contributed by atoms with Crippen molar-refractivity contribution < 1.29 is 0 Å². The first kappa shape index (κ1) is 29.1. The van der Waals surface area contributed by atoms with Crippen molar-refractivity contribution in [1.82, 2.24) is 19.5 Å². The molecule has 242 valence electrons. The van der Waals surface area contributed by atoms with E-state index in [1.54, 1.807) is 0 Å². The zero-order valence-corrected chi connectivity index (χ0v) is 28.7. The quantitative estimate of drug-likeness (QED) is 0.186. The van der Waals surface area contributed by atoms with Gasteiger partial charge in [-0.25, -0.2) is 15.0 Å². The van der Waals surface area contributed by atoms with Crippen molar-refractivity contribution in [3.63, 3.8) is 0 Å². The molecule has 0 spiro atoms. The van der Waals surface area contributed by atoms with E-state index in [0.717, 1.165) is 22.4 Å². The van der Waals surface area contributed by atoms with Crippen LogP contribution in [0, 0.1) is 0 Å². The summed E-state index contributed by atoms with van der Waals surface area (Å²) in [5.41, 5.74) is 6.47. The molecule has 0 unspecified atom stereocenters. The number of aromatic nitrogens is 4. The van der Waals surface area contributed by atoms with Crippen LogP contribution in [-0.2, 0) is 0 Å². The topological polar surface area (TPSA) is 43.6 Å². The van der Waals surface area contributed by atoms with E-state index in [1.807, 2.05) is 72.0 Å². The Bertz CT molecular complexity index is 3030. The van der Waals surface area contributed by atoms with Crippen molar-refractivity contribution in [2.75, 3.05) is 0 Å². The zero-order chi connectivity index (χ0) is 34.2. The fourth-order valence-corrected chi connectivity index (χ4v) is 8.93. The standard InChI is InChI=1S/C47H28N4S/c1-3-13-31(14-4-1)45-48-46(32-15-5-2-6-16-32)50-47(49-45)33-21-26-41-38(27-33)37-23-22-34(28-42(37)52-41)51-39-24-19-29-11-7-9-17-35(29)43(39)44-36-18-10-8-12-30(36)20-25-40(44)51/h1-28H. The molecule has 3 aromatic heterocycles. The van der Waals surface area contributed by atoms with E-state index in [-0.39, 0.29) is 0 Å². The van der Waals surface area contributed by atoms with Crippen LogP contribution in [0.4, 0.5) is 0 Å². The molecule has 11 aromatic rings. The molecule has 4 nitrogen and oxygen atoms in total.